The number of aryl methyl sites for hydroxylation is 1. The van der Waals surface area contributed by atoms with Crippen molar-refractivity contribution in [3.63, 3.8) is 0 Å². The number of carbonyl (C=O) groups is 2. The molecule has 1 saturated heterocycles. The van der Waals surface area contributed by atoms with Crippen LogP contribution in [0.5, 0.6) is 0 Å². The molecule has 0 aliphatic carbocycles. The molecule has 0 bridgehead atoms. The summed E-state index contributed by atoms with van der Waals surface area (Å²) < 4.78 is 10.0. The highest BCUT2D eigenvalue weighted by Gasteiger charge is 2.33. The van der Waals surface area contributed by atoms with Gasteiger partial charge in [0, 0.05) is 11.7 Å². The quantitative estimate of drug-likeness (QED) is 0.808. The monoisotopic (exact) mass is 292 g/mol. The Hall–Kier alpha value is -1.92. The van der Waals surface area contributed by atoms with Crippen LogP contribution in [-0.2, 0) is 14.3 Å². The molecule has 2 atom stereocenters. The van der Waals surface area contributed by atoms with Crippen LogP contribution < -0.4 is 10.6 Å². The maximum absolute atomic E-state index is 12.3. The van der Waals surface area contributed by atoms with Crippen molar-refractivity contribution in [2.24, 2.45) is 5.92 Å². The summed E-state index contributed by atoms with van der Waals surface area (Å²) in [5, 5.41) is 5.97. The summed E-state index contributed by atoms with van der Waals surface area (Å²) in [6.45, 7) is 2.79. The SMILES string of the molecule is CNC1COCC1C(=O)Nc1ccc(C(=O)OC)cc1C. The fraction of sp³-hybridized carbons (Fsp3) is 0.467. The van der Waals surface area contributed by atoms with Gasteiger partial charge in [0.25, 0.3) is 0 Å². The Morgan fingerprint density at radius 3 is 2.71 bits per heavy atom. The van der Waals surface area contributed by atoms with Gasteiger partial charge in [-0.3, -0.25) is 4.79 Å². The summed E-state index contributed by atoms with van der Waals surface area (Å²) in [6.07, 6.45) is 0. The van der Waals surface area contributed by atoms with Crippen molar-refractivity contribution >= 4 is 17.6 Å². The maximum atomic E-state index is 12.3. The molecule has 6 nitrogen and oxygen atoms in total. The molecule has 0 spiro atoms. The van der Waals surface area contributed by atoms with Gasteiger partial charge in [0.1, 0.15) is 0 Å². The van der Waals surface area contributed by atoms with Crippen LogP contribution in [-0.4, -0.2) is 45.3 Å². The molecular weight excluding hydrogens is 272 g/mol. The molecule has 0 radical (unpaired) electrons. The average molecular weight is 292 g/mol. The highest BCUT2D eigenvalue weighted by atomic mass is 16.5. The fourth-order valence-electron chi connectivity index (χ4n) is 2.37. The summed E-state index contributed by atoms with van der Waals surface area (Å²) in [7, 11) is 3.15. The van der Waals surface area contributed by atoms with Crippen molar-refractivity contribution in [2.75, 3.05) is 32.7 Å². The summed E-state index contributed by atoms with van der Waals surface area (Å²) in [5.74, 6) is -0.689. The van der Waals surface area contributed by atoms with Gasteiger partial charge in [0.05, 0.1) is 31.8 Å². The van der Waals surface area contributed by atoms with E-state index in [9.17, 15) is 9.59 Å². The predicted octanol–water partition coefficient (Wildman–Crippen LogP) is 0.955. The second-order valence-electron chi connectivity index (χ2n) is 5.05. The molecule has 1 aliphatic heterocycles. The van der Waals surface area contributed by atoms with E-state index < -0.39 is 5.97 Å². The Balaban J connectivity index is 2.09. The fourth-order valence-corrected chi connectivity index (χ4v) is 2.37. The number of methoxy groups -OCH3 is 1. The van der Waals surface area contributed by atoms with Crippen LogP contribution in [0, 0.1) is 12.8 Å². The van der Waals surface area contributed by atoms with Crippen LogP contribution >= 0.6 is 0 Å². The third-order valence-corrected chi connectivity index (χ3v) is 3.69. The summed E-state index contributed by atoms with van der Waals surface area (Å²) in [6, 6.07) is 5.07. The number of nitrogens with one attached hydrogen (secondary N) is 2. The topological polar surface area (TPSA) is 76.7 Å². The zero-order chi connectivity index (χ0) is 15.4. The van der Waals surface area contributed by atoms with Gasteiger partial charge in [0.15, 0.2) is 0 Å². The Morgan fingerprint density at radius 1 is 1.33 bits per heavy atom. The van der Waals surface area contributed by atoms with E-state index in [1.54, 1.807) is 18.2 Å². The number of likely N-dealkylation sites (N-methyl/N-ethyl adjacent to an activating group) is 1. The summed E-state index contributed by atoms with van der Waals surface area (Å²) in [5.41, 5.74) is 1.96. The predicted molar refractivity (Wildman–Crippen MR) is 78.3 cm³/mol. The molecule has 0 aromatic heterocycles. The first kappa shape index (κ1) is 15.5. The smallest absolute Gasteiger partial charge is 0.337 e. The molecule has 1 fully saturated rings. The highest BCUT2D eigenvalue weighted by molar-refractivity contribution is 5.95. The molecule has 1 aromatic carbocycles. The lowest BCUT2D eigenvalue weighted by atomic mass is 10.0. The van der Waals surface area contributed by atoms with E-state index in [0.717, 1.165) is 5.56 Å². The van der Waals surface area contributed by atoms with Gasteiger partial charge in [-0.1, -0.05) is 0 Å². The normalized spacial score (nSPS) is 21.1. The number of ether oxygens (including phenoxy) is 2. The first-order valence-corrected chi connectivity index (χ1v) is 6.81. The van der Waals surface area contributed by atoms with Gasteiger partial charge in [-0.05, 0) is 37.7 Å². The van der Waals surface area contributed by atoms with E-state index in [1.165, 1.54) is 7.11 Å². The van der Waals surface area contributed by atoms with Gasteiger partial charge in [-0.25, -0.2) is 4.79 Å². The second-order valence-corrected chi connectivity index (χ2v) is 5.05. The molecular formula is C15H20N2O4. The van der Waals surface area contributed by atoms with Crippen molar-refractivity contribution in [1.29, 1.82) is 0 Å². The number of esters is 1. The lowest BCUT2D eigenvalue weighted by Gasteiger charge is -2.17. The third kappa shape index (κ3) is 3.40. The molecule has 1 aliphatic rings. The minimum Gasteiger partial charge on any atom is -0.465 e. The van der Waals surface area contributed by atoms with Crippen molar-refractivity contribution in [1.82, 2.24) is 5.32 Å². The summed E-state index contributed by atoms with van der Waals surface area (Å²) in [4.78, 5) is 23.7. The number of carbonyl (C=O) groups excluding carboxylic acids is 2. The largest absolute Gasteiger partial charge is 0.465 e. The lowest BCUT2D eigenvalue weighted by Crippen LogP contribution is -2.39. The molecule has 1 heterocycles. The molecule has 1 aromatic rings. The van der Waals surface area contributed by atoms with Gasteiger partial charge in [-0.15, -0.1) is 0 Å². The van der Waals surface area contributed by atoms with E-state index in [-0.39, 0.29) is 17.9 Å². The molecule has 2 rings (SSSR count). The lowest BCUT2D eigenvalue weighted by molar-refractivity contribution is -0.120. The van der Waals surface area contributed by atoms with Crippen LogP contribution in [0.15, 0.2) is 18.2 Å². The number of rotatable bonds is 4. The van der Waals surface area contributed by atoms with Crippen molar-refractivity contribution in [3.05, 3.63) is 29.3 Å². The number of anilines is 1. The van der Waals surface area contributed by atoms with Crippen LogP contribution in [0.3, 0.4) is 0 Å². The van der Waals surface area contributed by atoms with E-state index in [4.69, 9.17) is 4.74 Å². The molecule has 114 valence electrons. The minimum absolute atomic E-state index is 0.0275. The van der Waals surface area contributed by atoms with Crippen LogP contribution in [0.1, 0.15) is 15.9 Å². The molecule has 1 amide bonds. The van der Waals surface area contributed by atoms with Gasteiger partial charge >= 0.3 is 5.97 Å². The number of hydrogen-bond donors (Lipinski definition) is 2. The Morgan fingerprint density at radius 2 is 2.10 bits per heavy atom. The van der Waals surface area contributed by atoms with E-state index in [0.29, 0.717) is 24.5 Å². The molecule has 0 saturated carbocycles. The van der Waals surface area contributed by atoms with Crippen molar-refractivity contribution < 1.29 is 19.1 Å². The van der Waals surface area contributed by atoms with Crippen molar-refractivity contribution in [2.45, 2.75) is 13.0 Å². The number of hydrogen-bond acceptors (Lipinski definition) is 5. The molecule has 2 N–H and O–H groups in total. The molecule has 6 heteroatoms. The maximum Gasteiger partial charge on any atom is 0.337 e. The van der Waals surface area contributed by atoms with E-state index in [1.807, 2.05) is 14.0 Å². The minimum atomic E-state index is -0.393. The third-order valence-electron chi connectivity index (χ3n) is 3.69. The van der Waals surface area contributed by atoms with Gasteiger partial charge in [-0.2, -0.15) is 0 Å². The van der Waals surface area contributed by atoms with Gasteiger partial charge in [0.2, 0.25) is 5.91 Å². The zero-order valence-corrected chi connectivity index (χ0v) is 12.4. The standard InChI is InChI=1S/C15H20N2O4/c1-9-6-10(15(19)20-3)4-5-12(9)17-14(18)11-7-21-8-13(11)16-2/h4-6,11,13,16H,7-8H2,1-3H3,(H,17,18). The zero-order valence-electron chi connectivity index (χ0n) is 12.4. The Bertz CT molecular complexity index is 544. The van der Waals surface area contributed by atoms with Crippen LogP contribution in [0.2, 0.25) is 0 Å². The summed E-state index contributed by atoms with van der Waals surface area (Å²) >= 11 is 0. The highest BCUT2D eigenvalue weighted by Crippen LogP contribution is 2.20. The van der Waals surface area contributed by atoms with Crippen LogP contribution in [0.4, 0.5) is 5.69 Å². The molecule has 21 heavy (non-hydrogen) atoms. The second kappa shape index (κ2) is 6.69. The van der Waals surface area contributed by atoms with Gasteiger partial charge < -0.3 is 20.1 Å². The van der Waals surface area contributed by atoms with E-state index in [2.05, 4.69) is 15.4 Å². The average Bonchev–Trinajstić information content (AvgIpc) is 2.97. The number of benzene rings is 1. The van der Waals surface area contributed by atoms with Crippen molar-refractivity contribution in [3.8, 4) is 0 Å². The first-order valence-electron chi connectivity index (χ1n) is 6.81. The Labute approximate surface area is 123 Å². The first-order chi connectivity index (χ1) is 10.1. The molecule has 2 unspecified atom stereocenters. The Kier molecular flexibility index (Phi) is 4.93. The van der Waals surface area contributed by atoms with E-state index >= 15 is 0 Å². The number of amides is 1. The van der Waals surface area contributed by atoms with Crippen LogP contribution in [0.25, 0.3) is 0 Å².